The molecule has 0 bridgehead atoms. The first kappa shape index (κ1) is 20.9. The highest BCUT2D eigenvalue weighted by Crippen LogP contribution is 2.11. The first-order chi connectivity index (χ1) is 13.2. The van der Waals surface area contributed by atoms with Crippen molar-refractivity contribution in [3.05, 3.63) is 64.1 Å². The topological polar surface area (TPSA) is 118 Å². The molecule has 0 saturated heterocycles. The fraction of sp³-hybridized carbons (Fsp3) is 0.300. The molecule has 0 fully saturated rings. The van der Waals surface area contributed by atoms with Crippen LogP contribution in [-0.2, 0) is 16.1 Å². The van der Waals surface area contributed by atoms with Crippen molar-refractivity contribution in [1.82, 2.24) is 9.88 Å². The molecule has 0 radical (unpaired) electrons. The zero-order chi connectivity index (χ0) is 20.8. The molecule has 1 atom stereocenters. The fourth-order valence-corrected chi connectivity index (χ4v) is 2.54. The number of carbonyl (C=O) groups is 3. The van der Waals surface area contributed by atoms with E-state index in [-0.39, 0.29) is 29.5 Å². The van der Waals surface area contributed by atoms with Crippen LogP contribution in [0.5, 0.6) is 0 Å². The van der Waals surface area contributed by atoms with Gasteiger partial charge in [0, 0.05) is 23.5 Å². The summed E-state index contributed by atoms with van der Waals surface area (Å²) in [6.45, 7) is 5.08. The van der Waals surface area contributed by atoms with Crippen LogP contribution in [0.15, 0.2) is 47.4 Å². The van der Waals surface area contributed by atoms with Crippen molar-refractivity contribution in [2.45, 2.75) is 33.4 Å². The SMILES string of the molecule is Cc1ccn(CC(=O)Nc2ccc(C(=O)NC(C(=O)O)C(C)C)cc2)c(=O)c1. The summed E-state index contributed by atoms with van der Waals surface area (Å²) in [6.07, 6.45) is 1.55. The molecule has 8 nitrogen and oxygen atoms in total. The number of rotatable bonds is 7. The van der Waals surface area contributed by atoms with Crippen LogP contribution < -0.4 is 16.2 Å². The Morgan fingerprint density at radius 2 is 1.75 bits per heavy atom. The van der Waals surface area contributed by atoms with Gasteiger partial charge in [-0.3, -0.25) is 14.4 Å². The van der Waals surface area contributed by atoms with Crippen LogP contribution in [0, 0.1) is 12.8 Å². The third-order valence-corrected chi connectivity index (χ3v) is 4.12. The van der Waals surface area contributed by atoms with E-state index in [1.54, 1.807) is 33.0 Å². The average molecular weight is 385 g/mol. The number of carbonyl (C=O) groups excluding carboxylic acids is 2. The number of nitrogens with zero attached hydrogens (tertiary/aromatic N) is 1. The van der Waals surface area contributed by atoms with Gasteiger partial charge in [-0.2, -0.15) is 0 Å². The molecule has 148 valence electrons. The number of amides is 2. The number of hydrogen-bond acceptors (Lipinski definition) is 4. The summed E-state index contributed by atoms with van der Waals surface area (Å²) in [4.78, 5) is 47.3. The standard InChI is InChI=1S/C20H23N3O5/c1-12(2)18(20(27)28)22-19(26)14-4-6-15(7-5-14)21-16(24)11-23-9-8-13(3)10-17(23)25/h4-10,12,18H,11H2,1-3H3,(H,21,24)(H,22,26)(H,27,28). The number of benzene rings is 1. The molecule has 8 heteroatoms. The minimum atomic E-state index is -1.10. The van der Waals surface area contributed by atoms with Crippen molar-refractivity contribution in [1.29, 1.82) is 0 Å². The number of carboxylic acids is 1. The summed E-state index contributed by atoms with van der Waals surface area (Å²) in [7, 11) is 0. The molecular formula is C20H23N3O5. The quantitative estimate of drug-likeness (QED) is 0.670. The predicted octanol–water partition coefficient (Wildman–Crippen LogP) is 1.63. The Morgan fingerprint density at radius 1 is 1.11 bits per heavy atom. The third-order valence-electron chi connectivity index (χ3n) is 4.12. The summed E-state index contributed by atoms with van der Waals surface area (Å²) < 4.78 is 1.29. The van der Waals surface area contributed by atoms with E-state index in [1.807, 2.05) is 0 Å². The zero-order valence-corrected chi connectivity index (χ0v) is 15.9. The number of aromatic nitrogens is 1. The molecule has 2 rings (SSSR count). The average Bonchev–Trinajstić information content (AvgIpc) is 2.62. The van der Waals surface area contributed by atoms with Gasteiger partial charge in [0.05, 0.1) is 0 Å². The number of nitrogens with one attached hydrogen (secondary N) is 2. The minimum absolute atomic E-state index is 0.129. The minimum Gasteiger partial charge on any atom is -0.480 e. The number of aliphatic carboxylic acids is 1. The molecule has 28 heavy (non-hydrogen) atoms. The lowest BCUT2D eigenvalue weighted by molar-refractivity contribution is -0.140. The maximum atomic E-state index is 12.2. The molecule has 2 aromatic rings. The number of anilines is 1. The van der Waals surface area contributed by atoms with E-state index in [0.717, 1.165) is 5.56 Å². The van der Waals surface area contributed by atoms with Gasteiger partial charge in [-0.1, -0.05) is 13.8 Å². The highest BCUT2D eigenvalue weighted by atomic mass is 16.4. The Bertz CT molecular complexity index is 932. The molecular weight excluding hydrogens is 362 g/mol. The zero-order valence-electron chi connectivity index (χ0n) is 15.9. The van der Waals surface area contributed by atoms with Crippen molar-refractivity contribution in [3.63, 3.8) is 0 Å². The Hall–Kier alpha value is -3.42. The largest absolute Gasteiger partial charge is 0.480 e. The predicted molar refractivity (Wildman–Crippen MR) is 104 cm³/mol. The van der Waals surface area contributed by atoms with Gasteiger partial charge in [0.15, 0.2) is 0 Å². The first-order valence-electron chi connectivity index (χ1n) is 8.78. The fourth-order valence-electron chi connectivity index (χ4n) is 2.54. The molecule has 1 heterocycles. The molecule has 3 N–H and O–H groups in total. The molecule has 1 aromatic heterocycles. The van der Waals surface area contributed by atoms with Crippen LogP contribution in [0.3, 0.4) is 0 Å². The second-order valence-electron chi connectivity index (χ2n) is 6.83. The van der Waals surface area contributed by atoms with Crippen LogP contribution in [0.2, 0.25) is 0 Å². The van der Waals surface area contributed by atoms with E-state index in [9.17, 15) is 19.2 Å². The number of hydrogen-bond donors (Lipinski definition) is 3. The van der Waals surface area contributed by atoms with Crippen molar-refractivity contribution in [2.24, 2.45) is 5.92 Å². The van der Waals surface area contributed by atoms with E-state index in [4.69, 9.17) is 5.11 Å². The second-order valence-corrected chi connectivity index (χ2v) is 6.83. The Kier molecular flexibility index (Phi) is 6.70. The van der Waals surface area contributed by atoms with Crippen molar-refractivity contribution < 1.29 is 19.5 Å². The summed E-state index contributed by atoms with van der Waals surface area (Å²) >= 11 is 0. The molecule has 1 unspecified atom stereocenters. The van der Waals surface area contributed by atoms with Gasteiger partial charge < -0.3 is 20.3 Å². The Balaban J connectivity index is 2.00. The normalized spacial score (nSPS) is 11.7. The number of carboxylic acid groups (broad SMARTS) is 1. The van der Waals surface area contributed by atoms with Crippen LogP contribution >= 0.6 is 0 Å². The van der Waals surface area contributed by atoms with Gasteiger partial charge in [-0.15, -0.1) is 0 Å². The summed E-state index contributed by atoms with van der Waals surface area (Å²) in [5, 5.41) is 14.3. The van der Waals surface area contributed by atoms with Crippen LogP contribution in [0.25, 0.3) is 0 Å². The maximum absolute atomic E-state index is 12.2. The monoisotopic (exact) mass is 385 g/mol. The molecule has 0 saturated carbocycles. The van der Waals surface area contributed by atoms with Gasteiger partial charge in [0.25, 0.3) is 11.5 Å². The van der Waals surface area contributed by atoms with Crippen molar-refractivity contribution >= 4 is 23.5 Å². The lowest BCUT2D eigenvalue weighted by Crippen LogP contribution is -2.44. The molecule has 0 spiro atoms. The molecule has 1 aromatic carbocycles. The lowest BCUT2D eigenvalue weighted by atomic mass is 10.0. The van der Waals surface area contributed by atoms with Gasteiger partial charge in [0.1, 0.15) is 12.6 Å². The van der Waals surface area contributed by atoms with Crippen LogP contribution in [-0.4, -0.2) is 33.5 Å². The highest BCUT2D eigenvalue weighted by molar-refractivity contribution is 5.97. The van der Waals surface area contributed by atoms with E-state index in [1.165, 1.54) is 34.9 Å². The number of pyridine rings is 1. The Labute approximate surface area is 162 Å². The first-order valence-corrected chi connectivity index (χ1v) is 8.78. The van der Waals surface area contributed by atoms with E-state index < -0.39 is 17.9 Å². The maximum Gasteiger partial charge on any atom is 0.326 e. The summed E-state index contributed by atoms with van der Waals surface area (Å²) in [6, 6.07) is 8.25. The third kappa shape index (κ3) is 5.54. The summed E-state index contributed by atoms with van der Waals surface area (Å²) in [5.41, 5.74) is 1.29. The molecule has 2 amide bonds. The van der Waals surface area contributed by atoms with Crippen LogP contribution in [0.1, 0.15) is 29.8 Å². The van der Waals surface area contributed by atoms with E-state index in [2.05, 4.69) is 10.6 Å². The molecule has 0 aliphatic heterocycles. The smallest absolute Gasteiger partial charge is 0.326 e. The van der Waals surface area contributed by atoms with Gasteiger partial charge in [-0.25, -0.2) is 4.79 Å². The van der Waals surface area contributed by atoms with Gasteiger partial charge in [-0.05, 0) is 48.7 Å². The molecule has 0 aliphatic carbocycles. The lowest BCUT2D eigenvalue weighted by Gasteiger charge is -2.18. The van der Waals surface area contributed by atoms with Crippen LogP contribution in [0.4, 0.5) is 5.69 Å². The van der Waals surface area contributed by atoms with Gasteiger partial charge >= 0.3 is 5.97 Å². The highest BCUT2D eigenvalue weighted by Gasteiger charge is 2.23. The molecule has 0 aliphatic rings. The Morgan fingerprint density at radius 3 is 2.29 bits per heavy atom. The van der Waals surface area contributed by atoms with Crippen molar-refractivity contribution in [2.75, 3.05) is 5.32 Å². The summed E-state index contributed by atoms with van der Waals surface area (Å²) in [5.74, 6) is -2.25. The van der Waals surface area contributed by atoms with Gasteiger partial charge in [0.2, 0.25) is 5.91 Å². The number of aryl methyl sites for hydroxylation is 1. The van der Waals surface area contributed by atoms with E-state index >= 15 is 0 Å². The second kappa shape index (κ2) is 8.98. The van der Waals surface area contributed by atoms with E-state index in [0.29, 0.717) is 5.69 Å². The van der Waals surface area contributed by atoms with Crippen molar-refractivity contribution in [3.8, 4) is 0 Å².